The van der Waals surface area contributed by atoms with Gasteiger partial charge >= 0.3 is 0 Å². The predicted molar refractivity (Wildman–Crippen MR) is 96.4 cm³/mol. The van der Waals surface area contributed by atoms with Crippen molar-refractivity contribution in [2.45, 2.75) is 25.7 Å². The Hall–Kier alpha value is -2.81. The number of aromatic amines is 1. The summed E-state index contributed by atoms with van der Waals surface area (Å²) in [4.78, 5) is 7.53. The van der Waals surface area contributed by atoms with Crippen molar-refractivity contribution < 1.29 is 0 Å². The minimum atomic E-state index is 0.793. The van der Waals surface area contributed by atoms with Crippen LogP contribution in [0, 0.1) is 13.0 Å². The first-order valence-electron chi connectivity index (χ1n) is 8.43. The third-order valence-corrected chi connectivity index (χ3v) is 4.91. The van der Waals surface area contributed by atoms with E-state index in [2.05, 4.69) is 76.1 Å². The Morgan fingerprint density at radius 2 is 1.96 bits per heavy atom. The molecule has 4 aromatic rings. The molecule has 1 radical (unpaired) electrons. The van der Waals surface area contributed by atoms with Crippen molar-refractivity contribution in [1.82, 2.24) is 14.5 Å². The minimum Gasteiger partial charge on any atom is -0.345 e. The Balaban J connectivity index is 1.62. The monoisotopic (exact) mass is 312 g/mol. The second kappa shape index (κ2) is 5.10. The largest absolute Gasteiger partial charge is 0.345 e. The first-order chi connectivity index (χ1) is 11.8. The molecule has 0 spiro atoms. The fourth-order valence-corrected chi connectivity index (χ4v) is 3.43. The Labute approximate surface area is 141 Å². The molecule has 1 saturated carbocycles. The van der Waals surface area contributed by atoms with Crippen LogP contribution < -0.4 is 0 Å². The molecule has 2 aromatic heterocycles. The minimum absolute atomic E-state index is 0.793. The molecule has 24 heavy (non-hydrogen) atoms. The van der Waals surface area contributed by atoms with Crippen molar-refractivity contribution in [3.8, 4) is 16.9 Å². The molecular weight excluding hydrogens is 294 g/mol. The summed E-state index contributed by atoms with van der Waals surface area (Å²) in [6, 6.07) is 20.8. The lowest BCUT2D eigenvalue weighted by atomic mass is 10.1. The van der Waals surface area contributed by atoms with Crippen molar-refractivity contribution in [2.75, 3.05) is 0 Å². The topological polar surface area (TPSA) is 33.6 Å². The van der Waals surface area contributed by atoms with Crippen LogP contribution in [0.5, 0.6) is 0 Å². The number of fused-ring (bicyclic) bond motifs is 1. The van der Waals surface area contributed by atoms with Gasteiger partial charge in [-0.3, -0.25) is 0 Å². The highest BCUT2D eigenvalue weighted by molar-refractivity contribution is 5.78. The molecule has 0 bridgehead atoms. The average Bonchev–Trinajstić information content (AvgIpc) is 3.23. The summed E-state index contributed by atoms with van der Waals surface area (Å²) in [6.45, 7) is 2.09. The molecule has 0 amide bonds. The van der Waals surface area contributed by atoms with Gasteiger partial charge in [0.1, 0.15) is 0 Å². The molecule has 0 unspecified atom stereocenters. The van der Waals surface area contributed by atoms with Gasteiger partial charge in [-0.15, -0.1) is 0 Å². The molecule has 0 aliphatic heterocycles. The van der Waals surface area contributed by atoms with E-state index in [-0.39, 0.29) is 0 Å². The highest BCUT2D eigenvalue weighted by Crippen LogP contribution is 2.40. The van der Waals surface area contributed by atoms with E-state index in [1.165, 1.54) is 29.7 Å². The van der Waals surface area contributed by atoms with E-state index in [0.29, 0.717) is 0 Å². The summed E-state index contributed by atoms with van der Waals surface area (Å²) in [5.74, 6) is 0.793. The van der Waals surface area contributed by atoms with Crippen LogP contribution in [0.2, 0.25) is 0 Å². The second-order valence-corrected chi connectivity index (χ2v) is 6.60. The summed E-state index contributed by atoms with van der Waals surface area (Å²) in [5.41, 5.74) is 8.13. The van der Waals surface area contributed by atoms with Crippen LogP contribution in [0.4, 0.5) is 0 Å². The molecule has 1 aliphatic rings. The van der Waals surface area contributed by atoms with Gasteiger partial charge in [-0.25, -0.2) is 4.98 Å². The number of nitrogens with zero attached hydrogens (tertiary/aromatic N) is 2. The number of rotatable bonds is 3. The summed E-state index contributed by atoms with van der Waals surface area (Å²) in [6.07, 6.45) is 4.42. The summed E-state index contributed by atoms with van der Waals surface area (Å²) in [5, 5.41) is 0. The van der Waals surface area contributed by atoms with Crippen molar-refractivity contribution in [2.24, 2.45) is 0 Å². The van der Waals surface area contributed by atoms with Crippen molar-refractivity contribution in [3.05, 3.63) is 72.2 Å². The lowest BCUT2D eigenvalue weighted by Gasteiger charge is -2.12. The molecule has 3 nitrogen and oxygen atoms in total. The maximum absolute atomic E-state index is 4.38. The van der Waals surface area contributed by atoms with Crippen LogP contribution in [0.15, 0.2) is 54.9 Å². The van der Waals surface area contributed by atoms with Crippen LogP contribution in [-0.4, -0.2) is 14.5 Å². The van der Waals surface area contributed by atoms with Crippen LogP contribution in [-0.2, 0) is 0 Å². The van der Waals surface area contributed by atoms with Crippen LogP contribution in [0.1, 0.15) is 30.0 Å². The number of imidazole rings is 1. The van der Waals surface area contributed by atoms with Gasteiger partial charge in [0, 0.05) is 17.4 Å². The molecule has 0 atom stereocenters. The fraction of sp³-hybridized carbons (Fsp3) is 0.190. The lowest BCUT2D eigenvalue weighted by Crippen LogP contribution is -1.99. The Bertz CT molecular complexity index is 1020. The zero-order valence-corrected chi connectivity index (χ0v) is 13.6. The number of aryl methyl sites for hydroxylation is 1. The van der Waals surface area contributed by atoms with E-state index < -0.39 is 0 Å². The Morgan fingerprint density at radius 1 is 1.12 bits per heavy atom. The maximum atomic E-state index is 4.38. The van der Waals surface area contributed by atoms with E-state index in [1.807, 2.05) is 0 Å². The smallest absolute Gasteiger partial charge is 0.0931 e. The SMILES string of the molecule is Cc1[c]cc(-c2ccc(C3CC3)cc2)n1-c1ccc2[nH]cnc2c1. The Morgan fingerprint density at radius 3 is 2.75 bits per heavy atom. The fourth-order valence-electron chi connectivity index (χ4n) is 3.43. The number of aromatic nitrogens is 3. The summed E-state index contributed by atoms with van der Waals surface area (Å²) in [7, 11) is 0. The lowest BCUT2D eigenvalue weighted by molar-refractivity contribution is 1.02. The molecule has 1 aliphatic carbocycles. The first kappa shape index (κ1) is 13.6. The van der Waals surface area contributed by atoms with Gasteiger partial charge in [-0.2, -0.15) is 0 Å². The highest BCUT2D eigenvalue weighted by Gasteiger charge is 2.23. The van der Waals surface area contributed by atoms with E-state index in [1.54, 1.807) is 6.33 Å². The Kier molecular flexibility index (Phi) is 2.89. The number of hydrogen-bond donors (Lipinski definition) is 1. The van der Waals surface area contributed by atoms with Gasteiger partial charge in [0.2, 0.25) is 0 Å². The van der Waals surface area contributed by atoms with Gasteiger partial charge in [0.15, 0.2) is 0 Å². The van der Waals surface area contributed by atoms with Gasteiger partial charge in [-0.05, 0) is 61.1 Å². The van der Waals surface area contributed by atoms with Gasteiger partial charge in [-0.1, -0.05) is 24.3 Å². The van der Waals surface area contributed by atoms with Crippen LogP contribution >= 0.6 is 0 Å². The van der Waals surface area contributed by atoms with E-state index in [0.717, 1.165) is 28.3 Å². The maximum Gasteiger partial charge on any atom is 0.0931 e. The van der Waals surface area contributed by atoms with Gasteiger partial charge in [0.25, 0.3) is 0 Å². The number of hydrogen-bond acceptors (Lipinski definition) is 1. The molecule has 1 fully saturated rings. The van der Waals surface area contributed by atoms with Gasteiger partial charge < -0.3 is 9.55 Å². The zero-order chi connectivity index (χ0) is 16.1. The van der Waals surface area contributed by atoms with Crippen molar-refractivity contribution >= 4 is 11.0 Å². The molecule has 5 rings (SSSR count). The van der Waals surface area contributed by atoms with E-state index in [9.17, 15) is 0 Å². The zero-order valence-electron chi connectivity index (χ0n) is 13.6. The third kappa shape index (κ3) is 2.16. The molecule has 3 heteroatoms. The number of benzene rings is 2. The van der Waals surface area contributed by atoms with Crippen molar-refractivity contribution in [3.63, 3.8) is 0 Å². The number of nitrogens with one attached hydrogen (secondary N) is 1. The molecule has 2 heterocycles. The molecule has 1 N–H and O–H groups in total. The third-order valence-electron chi connectivity index (χ3n) is 4.91. The normalized spacial score (nSPS) is 14.4. The highest BCUT2D eigenvalue weighted by atomic mass is 15.0. The van der Waals surface area contributed by atoms with Crippen molar-refractivity contribution in [1.29, 1.82) is 0 Å². The quantitative estimate of drug-likeness (QED) is 0.567. The van der Waals surface area contributed by atoms with Crippen LogP contribution in [0.25, 0.3) is 28.0 Å². The van der Waals surface area contributed by atoms with Crippen LogP contribution in [0.3, 0.4) is 0 Å². The molecule has 117 valence electrons. The van der Waals surface area contributed by atoms with E-state index >= 15 is 0 Å². The average molecular weight is 312 g/mol. The molecule has 0 saturated heterocycles. The summed E-state index contributed by atoms with van der Waals surface area (Å²) < 4.78 is 2.25. The second-order valence-electron chi connectivity index (χ2n) is 6.60. The van der Waals surface area contributed by atoms with E-state index in [4.69, 9.17) is 0 Å². The first-order valence-corrected chi connectivity index (χ1v) is 8.43. The molecule has 2 aromatic carbocycles. The number of H-pyrrole nitrogens is 1. The van der Waals surface area contributed by atoms with Gasteiger partial charge in [0.05, 0.1) is 23.1 Å². The molecular formula is C21H18N3. The standard InChI is InChI=1S/C21H18N3/c1-14-2-11-21(17-7-5-16(6-8-17)15-3-4-15)24(14)18-9-10-19-20(12-18)23-13-22-19/h5-13,15H,3-4H2,1H3,(H,22,23). The summed E-state index contributed by atoms with van der Waals surface area (Å²) >= 11 is 0. The predicted octanol–water partition coefficient (Wildman–Crippen LogP) is 5.01.